The van der Waals surface area contributed by atoms with Crippen LogP contribution in [-0.2, 0) is 27.9 Å². The third kappa shape index (κ3) is 52.2. The van der Waals surface area contributed by atoms with E-state index in [4.69, 9.17) is 24.3 Å². The number of hydrogen-bond donors (Lipinski definition) is 2. The van der Waals surface area contributed by atoms with Crippen LogP contribution in [0.4, 0.5) is 0 Å². The minimum Gasteiger partial charge on any atom is -0.457 e. The molecule has 0 aromatic carbocycles. The van der Waals surface area contributed by atoms with Crippen molar-refractivity contribution in [3.63, 3.8) is 0 Å². The normalized spacial score (nSPS) is 13.2. The minimum absolute atomic E-state index is 0.0917. The lowest BCUT2D eigenvalue weighted by molar-refractivity contribution is -0.154. The predicted molar refractivity (Wildman–Crippen MR) is 275 cm³/mol. The van der Waals surface area contributed by atoms with Gasteiger partial charge in [0, 0.05) is 19.6 Å². The monoisotopic (exact) mass is 928 g/mol. The Morgan fingerprint density at radius 2 is 0.781 bits per heavy atom. The first-order valence-electron chi connectivity index (χ1n) is 28.2. The molecule has 0 bridgehead atoms. The molecule has 382 valence electrons. The Bertz CT molecular complexity index is 997. The smallest absolute Gasteiger partial charge is 0.457 e. The van der Waals surface area contributed by atoms with Crippen molar-refractivity contribution in [2.75, 3.05) is 33.0 Å². The summed E-state index contributed by atoms with van der Waals surface area (Å²) in [6.45, 7) is 5.00. The summed E-state index contributed by atoms with van der Waals surface area (Å²) in [4.78, 5) is 22.6. The predicted octanol–water partition coefficient (Wildman–Crippen LogP) is 17.8. The lowest BCUT2D eigenvalue weighted by atomic mass is 10.0. The summed E-state index contributed by atoms with van der Waals surface area (Å²) >= 11 is 0. The Kier molecular flexibility index (Phi) is 52.6. The second-order valence-corrected chi connectivity index (χ2v) is 20.6. The topological polar surface area (TPSA) is 117 Å². The maximum atomic E-state index is 12.7. The van der Waals surface area contributed by atoms with Crippen LogP contribution >= 0.6 is 7.82 Å². The summed E-state index contributed by atoms with van der Waals surface area (Å²) in [7, 11) is -4.28. The summed E-state index contributed by atoms with van der Waals surface area (Å²) in [5.41, 5.74) is 5.40. The Hall–Kier alpha value is -0.760. The van der Waals surface area contributed by atoms with Crippen molar-refractivity contribution in [3.05, 3.63) is 12.2 Å². The third-order valence-electron chi connectivity index (χ3n) is 12.7. The Labute approximate surface area is 398 Å². The van der Waals surface area contributed by atoms with Crippen LogP contribution in [0.5, 0.6) is 0 Å². The summed E-state index contributed by atoms with van der Waals surface area (Å²) in [6.07, 6.45) is 61.2. The lowest BCUT2D eigenvalue weighted by Gasteiger charge is -2.20. The number of ether oxygens (including phenoxy) is 2. The van der Waals surface area contributed by atoms with E-state index in [-0.39, 0.29) is 32.3 Å². The van der Waals surface area contributed by atoms with E-state index in [1.165, 1.54) is 244 Å². The van der Waals surface area contributed by atoms with Gasteiger partial charge >= 0.3 is 13.8 Å². The quantitative estimate of drug-likeness (QED) is 0.0268. The van der Waals surface area contributed by atoms with Crippen LogP contribution < -0.4 is 5.73 Å². The molecule has 0 fully saturated rings. The maximum Gasteiger partial charge on any atom is 0.472 e. The molecule has 8 nitrogen and oxygen atoms in total. The Balaban J connectivity index is 3.84. The maximum absolute atomic E-state index is 12.7. The zero-order valence-corrected chi connectivity index (χ0v) is 43.7. The van der Waals surface area contributed by atoms with Crippen molar-refractivity contribution in [1.29, 1.82) is 0 Å². The molecule has 0 aromatic rings. The zero-order valence-electron chi connectivity index (χ0n) is 42.8. The van der Waals surface area contributed by atoms with E-state index in [9.17, 15) is 14.3 Å². The van der Waals surface area contributed by atoms with Gasteiger partial charge in [0.25, 0.3) is 0 Å². The highest BCUT2D eigenvalue weighted by atomic mass is 31.2. The fourth-order valence-corrected chi connectivity index (χ4v) is 9.29. The first kappa shape index (κ1) is 63.2. The molecule has 0 aromatic heterocycles. The molecule has 0 saturated carbocycles. The van der Waals surface area contributed by atoms with Gasteiger partial charge in [-0.25, -0.2) is 4.57 Å². The largest absolute Gasteiger partial charge is 0.472 e. The van der Waals surface area contributed by atoms with Gasteiger partial charge in [0.05, 0.1) is 19.8 Å². The number of hydrogen-bond acceptors (Lipinski definition) is 7. The molecular weight excluding hydrogens is 818 g/mol. The van der Waals surface area contributed by atoms with Gasteiger partial charge in [-0.05, 0) is 38.5 Å². The highest BCUT2D eigenvalue weighted by Gasteiger charge is 2.25. The summed E-state index contributed by atoms with van der Waals surface area (Å²) in [5, 5.41) is 0. The van der Waals surface area contributed by atoms with Gasteiger partial charge in [-0.3, -0.25) is 13.8 Å². The van der Waals surface area contributed by atoms with Crippen LogP contribution in [0.25, 0.3) is 0 Å². The zero-order chi connectivity index (χ0) is 46.5. The van der Waals surface area contributed by atoms with Gasteiger partial charge in [-0.2, -0.15) is 0 Å². The van der Waals surface area contributed by atoms with Gasteiger partial charge in [-0.15, -0.1) is 0 Å². The molecular formula is C55H110NO7P. The van der Waals surface area contributed by atoms with Gasteiger partial charge in [-0.1, -0.05) is 264 Å². The molecule has 0 rings (SSSR count). The van der Waals surface area contributed by atoms with Crippen molar-refractivity contribution >= 4 is 13.8 Å². The van der Waals surface area contributed by atoms with E-state index in [2.05, 4.69) is 26.0 Å². The van der Waals surface area contributed by atoms with Crippen LogP contribution in [0.2, 0.25) is 0 Å². The molecule has 0 radical (unpaired) electrons. The van der Waals surface area contributed by atoms with Gasteiger partial charge in [0.1, 0.15) is 6.10 Å². The first-order chi connectivity index (χ1) is 31.4. The minimum atomic E-state index is -4.28. The van der Waals surface area contributed by atoms with Crippen LogP contribution in [0.15, 0.2) is 12.2 Å². The molecule has 0 spiro atoms. The molecule has 2 atom stereocenters. The van der Waals surface area contributed by atoms with E-state index in [1.807, 2.05) is 0 Å². The third-order valence-corrected chi connectivity index (χ3v) is 13.7. The number of phosphoric ester groups is 1. The van der Waals surface area contributed by atoms with Gasteiger partial charge in [0.2, 0.25) is 0 Å². The highest BCUT2D eigenvalue weighted by Crippen LogP contribution is 2.43. The number of rotatable bonds is 55. The lowest BCUT2D eigenvalue weighted by Crippen LogP contribution is -2.28. The van der Waals surface area contributed by atoms with Crippen molar-refractivity contribution in [3.8, 4) is 0 Å². The molecule has 0 aliphatic carbocycles. The second-order valence-electron chi connectivity index (χ2n) is 19.2. The van der Waals surface area contributed by atoms with Gasteiger partial charge < -0.3 is 20.1 Å². The van der Waals surface area contributed by atoms with E-state index in [0.29, 0.717) is 13.0 Å². The molecule has 0 aliphatic heterocycles. The van der Waals surface area contributed by atoms with Crippen LogP contribution in [0.3, 0.4) is 0 Å². The summed E-state index contributed by atoms with van der Waals surface area (Å²) in [5.74, 6) is -0.322. The molecule has 0 aliphatic rings. The second kappa shape index (κ2) is 53.2. The highest BCUT2D eigenvalue weighted by molar-refractivity contribution is 7.47. The van der Waals surface area contributed by atoms with Gasteiger partial charge in [0.15, 0.2) is 0 Å². The molecule has 0 heterocycles. The van der Waals surface area contributed by atoms with Crippen molar-refractivity contribution < 1.29 is 32.8 Å². The molecule has 3 N–H and O–H groups in total. The Morgan fingerprint density at radius 3 is 1.14 bits per heavy atom. The average molecular weight is 928 g/mol. The van der Waals surface area contributed by atoms with Crippen LogP contribution in [-0.4, -0.2) is 49.9 Å². The number of phosphoric acid groups is 1. The standard InChI is InChI=1S/C55H110NO7P/c1-3-5-7-9-11-13-15-17-19-21-23-25-26-27-28-29-30-32-34-36-38-40-42-44-46-48-55(57)63-54(53-62-64(58,59)61-51-49-56)52-60-50-47-45-43-41-39-37-35-33-31-24-22-20-18-16-14-12-10-8-6-4-2/h18,20,54H,3-17,19,21-53,56H2,1-2H3,(H,58,59)/b20-18-. The fourth-order valence-electron chi connectivity index (χ4n) is 8.53. The van der Waals surface area contributed by atoms with Crippen molar-refractivity contribution in [1.82, 2.24) is 0 Å². The van der Waals surface area contributed by atoms with Crippen LogP contribution in [0.1, 0.15) is 296 Å². The van der Waals surface area contributed by atoms with E-state index in [0.717, 1.165) is 32.1 Å². The molecule has 0 amide bonds. The van der Waals surface area contributed by atoms with Crippen molar-refractivity contribution in [2.24, 2.45) is 5.73 Å². The number of allylic oxidation sites excluding steroid dienone is 2. The molecule has 9 heteroatoms. The van der Waals surface area contributed by atoms with Crippen LogP contribution in [0, 0.1) is 0 Å². The SMILES string of the molecule is CCCCCCCC/C=C\CCCCCCCCCCCCOCC(COP(=O)(O)OCCN)OC(=O)CCCCCCCCCCCCCCCCCCCCCCCCCCC. The number of unbranched alkanes of at least 4 members (excludes halogenated alkanes) is 40. The van der Waals surface area contributed by atoms with E-state index < -0.39 is 13.9 Å². The first-order valence-corrected chi connectivity index (χ1v) is 29.7. The summed E-state index contributed by atoms with van der Waals surface area (Å²) in [6, 6.07) is 0. The van der Waals surface area contributed by atoms with E-state index >= 15 is 0 Å². The van der Waals surface area contributed by atoms with E-state index in [1.54, 1.807) is 0 Å². The molecule has 2 unspecified atom stereocenters. The number of esters is 1. The Morgan fingerprint density at radius 1 is 0.453 bits per heavy atom. The molecule has 64 heavy (non-hydrogen) atoms. The number of carbonyl (C=O) groups is 1. The van der Waals surface area contributed by atoms with Crippen molar-refractivity contribution in [2.45, 2.75) is 302 Å². The molecule has 0 saturated heterocycles. The average Bonchev–Trinajstić information content (AvgIpc) is 3.29. The summed E-state index contributed by atoms with van der Waals surface area (Å²) < 4.78 is 33.7. The number of nitrogens with two attached hydrogens (primary N) is 1. The fraction of sp³-hybridized carbons (Fsp3) is 0.945. The number of carbonyl (C=O) groups excluding carboxylic acids is 1.